The van der Waals surface area contributed by atoms with Gasteiger partial charge in [-0.15, -0.1) is 0 Å². The molecule has 3 heterocycles. The number of rotatable bonds is 5. The van der Waals surface area contributed by atoms with Gasteiger partial charge in [-0.3, -0.25) is 14.5 Å². The lowest BCUT2D eigenvalue weighted by Gasteiger charge is -2.37. The summed E-state index contributed by atoms with van der Waals surface area (Å²) in [7, 11) is 0. The Morgan fingerprint density at radius 3 is 2.48 bits per heavy atom. The minimum absolute atomic E-state index is 0.0753. The molecule has 5 rings (SSSR count). The Morgan fingerprint density at radius 1 is 0.935 bits per heavy atom. The second kappa shape index (κ2) is 8.55. The lowest BCUT2D eigenvalue weighted by atomic mass is 10.1. The zero-order valence-electron chi connectivity index (χ0n) is 17.7. The highest BCUT2D eigenvalue weighted by Crippen LogP contribution is 2.27. The first-order valence-electron chi connectivity index (χ1n) is 11.1. The van der Waals surface area contributed by atoms with Crippen molar-refractivity contribution < 1.29 is 9.59 Å². The first kappa shape index (κ1) is 19.8. The van der Waals surface area contributed by atoms with E-state index in [0.717, 1.165) is 49.2 Å². The molecule has 0 spiro atoms. The molecule has 2 amide bonds. The lowest BCUT2D eigenvalue weighted by molar-refractivity contribution is -0.143. The summed E-state index contributed by atoms with van der Waals surface area (Å²) in [4.78, 5) is 35.3. The molecule has 0 aliphatic carbocycles. The van der Waals surface area contributed by atoms with Crippen LogP contribution in [0.2, 0.25) is 0 Å². The number of nitrogens with one attached hydrogen (secondary N) is 1. The fourth-order valence-corrected chi connectivity index (χ4v) is 4.81. The molecule has 1 atom stereocenters. The van der Waals surface area contributed by atoms with E-state index in [9.17, 15) is 9.59 Å². The van der Waals surface area contributed by atoms with Crippen molar-refractivity contribution in [2.75, 3.05) is 26.2 Å². The van der Waals surface area contributed by atoms with Crippen molar-refractivity contribution in [2.24, 2.45) is 0 Å². The van der Waals surface area contributed by atoms with Gasteiger partial charge < -0.3 is 14.8 Å². The van der Waals surface area contributed by atoms with Gasteiger partial charge >= 0.3 is 0 Å². The van der Waals surface area contributed by atoms with E-state index in [1.807, 2.05) is 35.4 Å². The molecule has 2 aliphatic rings. The van der Waals surface area contributed by atoms with Gasteiger partial charge in [0.05, 0.1) is 0 Å². The summed E-state index contributed by atoms with van der Waals surface area (Å²) in [6.45, 7) is 4.56. The van der Waals surface area contributed by atoms with Crippen LogP contribution in [0.25, 0.3) is 10.9 Å². The number of H-pyrrole nitrogens is 1. The molecule has 160 valence electrons. The van der Waals surface area contributed by atoms with Crippen LogP contribution in [0.1, 0.15) is 24.0 Å². The zero-order chi connectivity index (χ0) is 21.2. The topological polar surface area (TPSA) is 59.7 Å². The summed E-state index contributed by atoms with van der Waals surface area (Å²) in [5.74, 6) is 0.177. The van der Waals surface area contributed by atoms with Crippen LogP contribution in [0.4, 0.5) is 0 Å². The Morgan fingerprint density at radius 2 is 1.68 bits per heavy atom. The largest absolute Gasteiger partial charge is 0.361 e. The number of aromatic amines is 1. The third-order valence-electron chi connectivity index (χ3n) is 6.56. The molecule has 2 saturated heterocycles. The molecule has 1 N–H and O–H groups in total. The number of hydrogen-bond acceptors (Lipinski definition) is 3. The van der Waals surface area contributed by atoms with Gasteiger partial charge in [0.25, 0.3) is 0 Å². The minimum atomic E-state index is -0.346. The van der Waals surface area contributed by atoms with Gasteiger partial charge in [0.2, 0.25) is 11.8 Å². The van der Waals surface area contributed by atoms with Crippen LogP contribution in [0.5, 0.6) is 0 Å². The molecular weight excluding hydrogens is 388 g/mol. The maximum absolute atomic E-state index is 13.3. The van der Waals surface area contributed by atoms with Gasteiger partial charge in [0.15, 0.2) is 0 Å². The number of carbonyl (C=O) groups excluding carboxylic acids is 2. The van der Waals surface area contributed by atoms with E-state index in [1.54, 1.807) is 4.90 Å². The second-order valence-electron chi connectivity index (χ2n) is 8.52. The summed E-state index contributed by atoms with van der Waals surface area (Å²) in [5, 5.41) is 1.11. The molecule has 0 bridgehead atoms. The monoisotopic (exact) mass is 416 g/mol. The number of benzene rings is 2. The maximum atomic E-state index is 13.3. The van der Waals surface area contributed by atoms with Crippen LogP contribution in [-0.4, -0.2) is 63.7 Å². The second-order valence-corrected chi connectivity index (χ2v) is 8.52. The number of carbonyl (C=O) groups is 2. The number of fused-ring (bicyclic) bond motifs is 1. The van der Waals surface area contributed by atoms with Crippen LogP contribution in [0.3, 0.4) is 0 Å². The van der Waals surface area contributed by atoms with E-state index < -0.39 is 0 Å². The Hall–Kier alpha value is -3.12. The molecule has 1 aromatic heterocycles. The molecule has 0 saturated carbocycles. The van der Waals surface area contributed by atoms with Crippen LogP contribution >= 0.6 is 0 Å². The summed E-state index contributed by atoms with van der Waals surface area (Å²) in [6.07, 6.45) is 3.02. The van der Waals surface area contributed by atoms with Gasteiger partial charge in [-0.2, -0.15) is 0 Å². The van der Waals surface area contributed by atoms with Crippen molar-refractivity contribution in [3.8, 4) is 0 Å². The van der Waals surface area contributed by atoms with Crippen LogP contribution in [-0.2, 0) is 22.7 Å². The van der Waals surface area contributed by atoms with Crippen LogP contribution in [0.15, 0.2) is 60.8 Å². The van der Waals surface area contributed by atoms with E-state index in [-0.39, 0.29) is 17.9 Å². The molecule has 31 heavy (non-hydrogen) atoms. The SMILES string of the molecule is O=C(C1CCC(=O)N1Cc1c[nH]c2ccccc12)N1CCN(Cc2ccccc2)CC1. The zero-order valence-corrected chi connectivity index (χ0v) is 17.7. The summed E-state index contributed by atoms with van der Waals surface area (Å²) in [6, 6.07) is 18.2. The summed E-state index contributed by atoms with van der Waals surface area (Å²) in [5.41, 5.74) is 3.42. The first-order valence-corrected chi connectivity index (χ1v) is 11.1. The molecular formula is C25H28N4O2. The van der Waals surface area contributed by atoms with Gasteiger partial charge in [0.1, 0.15) is 6.04 Å². The van der Waals surface area contributed by atoms with Crippen molar-refractivity contribution >= 4 is 22.7 Å². The van der Waals surface area contributed by atoms with E-state index in [2.05, 4.69) is 40.2 Å². The van der Waals surface area contributed by atoms with Crippen LogP contribution in [0, 0.1) is 0 Å². The fraction of sp³-hybridized carbons (Fsp3) is 0.360. The minimum Gasteiger partial charge on any atom is -0.361 e. The average Bonchev–Trinajstić information content (AvgIpc) is 3.39. The number of nitrogens with zero attached hydrogens (tertiary/aromatic N) is 3. The Kier molecular flexibility index (Phi) is 5.47. The third-order valence-corrected chi connectivity index (χ3v) is 6.56. The molecule has 2 fully saturated rings. The normalized spacial score (nSPS) is 20.0. The van der Waals surface area contributed by atoms with Crippen molar-refractivity contribution in [2.45, 2.75) is 32.0 Å². The molecule has 1 unspecified atom stereocenters. The maximum Gasteiger partial charge on any atom is 0.245 e. The third kappa shape index (κ3) is 4.08. The van der Waals surface area contributed by atoms with Crippen LogP contribution < -0.4 is 0 Å². The van der Waals surface area contributed by atoms with Gasteiger partial charge in [-0.05, 0) is 23.6 Å². The lowest BCUT2D eigenvalue weighted by Crippen LogP contribution is -2.53. The van der Waals surface area contributed by atoms with Crippen molar-refractivity contribution in [3.05, 3.63) is 71.9 Å². The summed E-state index contributed by atoms with van der Waals surface area (Å²) >= 11 is 0. The number of aromatic nitrogens is 1. The predicted octanol–water partition coefficient (Wildman–Crippen LogP) is 3.00. The van der Waals surface area contributed by atoms with E-state index in [4.69, 9.17) is 0 Å². The Bertz CT molecular complexity index is 1070. The Labute approximate surface area is 182 Å². The van der Waals surface area contributed by atoms with E-state index in [0.29, 0.717) is 19.4 Å². The van der Waals surface area contributed by atoms with Gasteiger partial charge in [0, 0.05) is 62.8 Å². The standard InChI is InChI=1S/C25H28N4O2/c30-24-11-10-23(29(24)18-20-16-26-22-9-5-4-8-21(20)22)25(31)28-14-12-27(13-15-28)17-19-6-2-1-3-7-19/h1-9,16,23,26H,10-15,17-18H2. The van der Waals surface area contributed by atoms with Gasteiger partial charge in [-0.25, -0.2) is 0 Å². The van der Waals surface area contributed by atoms with E-state index in [1.165, 1.54) is 5.56 Å². The smallest absolute Gasteiger partial charge is 0.245 e. The average molecular weight is 417 g/mol. The number of hydrogen-bond donors (Lipinski definition) is 1. The molecule has 3 aromatic rings. The molecule has 2 aliphatic heterocycles. The number of amides is 2. The Balaban J connectivity index is 1.23. The predicted molar refractivity (Wildman–Crippen MR) is 120 cm³/mol. The fourth-order valence-electron chi connectivity index (χ4n) is 4.81. The van der Waals surface area contributed by atoms with Gasteiger partial charge in [-0.1, -0.05) is 48.5 Å². The number of piperazine rings is 1. The number of para-hydroxylation sites is 1. The van der Waals surface area contributed by atoms with Crippen molar-refractivity contribution in [1.29, 1.82) is 0 Å². The molecule has 6 heteroatoms. The molecule has 0 radical (unpaired) electrons. The van der Waals surface area contributed by atoms with E-state index >= 15 is 0 Å². The highest BCUT2D eigenvalue weighted by atomic mass is 16.2. The quantitative estimate of drug-likeness (QED) is 0.696. The first-order chi connectivity index (χ1) is 15.2. The van der Waals surface area contributed by atoms with Crippen molar-refractivity contribution in [3.63, 3.8) is 0 Å². The molecule has 6 nitrogen and oxygen atoms in total. The number of likely N-dealkylation sites (tertiary alicyclic amines) is 1. The highest BCUT2D eigenvalue weighted by molar-refractivity contribution is 5.91. The summed E-state index contributed by atoms with van der Waals surface area (Å²) < 4.78 is 0. The van der Waals surface area contributed by atoms with Crippen molar-refractivity contribution in [1.82, 2.24) is 19.7 Å². The highest BCUT2D eigenvalue weighted by Gasteiger charge is 2.39. The molecule has 2 aromatic carbocycles.